The van der Waals surface area contributed by atoms with Crippen LogP contribution in [0, 0.1) is 5.41 Å². The van der Waals surface area contributed by atoms with Gasteiger partial charge >= 0.3 is 0 Å². The van der Waals surface area contributed by atoms with Crippen LogP contribution in [-0.4, -0.2) is 37.6 Å². The smallest absolute Gasteiger partial charge is 0.0367 e. The van der Waals surface area contributed by atoms with Gasteiger partial charge in [-0.05, 0) is 48.9 Å². The Hall–Kier alpha value is -1.02. The van der Waals surface area contributed by atoms with Gasteiger partial charge in [0.2, 0.25) is 0 Å². The molecule has 0 unspecified atom stereocenters. The zero-order valence-corrected chi connectivity index (χ0v) is 15.1. The molecule has 0 radical (unpaired) electrons. The van der Waals surface area contributed by atoms with Crippen molar-refractivity contribution in [2.24, 2.45) is 5.41 Å². The molecule has 2 heteroatoms. The van der Waals surface area contributed by atoms with E-state index in [4.69, 9.17) is 0 Å². The summed E-state index contributed by atoms with van der Waals surface area (Å²) in [7, 11) is 0. The molecule has 0 aromatic heterocycles. The number of nitrogens with zero attached hydrogens (tertiary/aromatic N) is 2. The van der Waals surface area contributed by atoms with Crippen LogP contribution in [0.4, 0.5) is 5.69 Å². The summed E-state index contributed by atoms with van der Waals surface area (Å²) in [5, 5.41) is 0. The molecule has 124 valence electrons. The van der Waals surface area contributed by atoms with Crippen molar-refractivity contribution >= 4 is 5.69 Å². The number of hydrogen-bond acceptors (Lipinski definition) is 2. The lowest BCUT2D eigenvalue weighted by Gasteiger charge is -2.36. The summed E-state index contributed by atoms with van der Waals surface area (Å²) in [6.07, 6.45) is 5.18. The lowest BCUT2D eigenvalue weighted by atomic mass is 9.90. The minimum Gasteiger partial charge on any atom is -0.369 e. The van der Waals surface area contributed by atoms with E-state index in [1.165, 1.54) is 63.2 Å². The number of benzene rings is 1. The minimum absolute atomic E-state index is 0.489. The molecule has 0 spiro atoms. The molecule has 1 heterocycles. The maximum absolute atomic E-state index is 2.64. The van der Waals surface area contributed by atoms with E-state index in [1.54, 1.807) is 0 Å². The van der Waals surface area contributed by atoms with Crippen LogP contribution >= 0.6 is 0 Å². The largest absolute Gasteiger partial charge is 0.369 e. The molecule has 1 aromatic rings. The van der Waals surface area contributed by atoms with Gasteiger partial charge in [0.25, 0.3) is 0 Å². The van der Waals surface area contributed by atoms with Gasteiger partial charge in [0.15, 0.2) is 0 Å². The summed E-state index contributed by atoms with van der Waals surface area (Å²) < 4.78 is 0. The maximum atomic E-state index is 2.64. The number of unbranched alkanes of at least 4 members (excludes halogenated alkanes) is 1. The van der Waals surface area contributed by atoms with Crippen molar-refractivity contribution in [2.45, 2.75) is 53.4 Å². The molecule has 2 nitrogen and oxygen atoms in total. The third kappa shape index (κ3) is 5.64. The van der Waals surface area contributed by atoms with Gasteiger partial charge in [0.1, 0.15) is 0 Å². The van der Waals surface area contributed by atoms with Crippen molar-refractivity contribution in [3.63, 3.8) is 0 Å². The number of hydrogen-bond donors (Lipinski definition) is 0. The summed E-state index contributed by atoms with van der Waals surface area (Å²) in [4.78, 5) is 5.17. The van der Waals surface area contributed by atoms with Gasteiger partial charge in [-0.25, -0.2) is 0 Å². The van der Waals surface area contributed by atoms with E-state index in [0.29, 0.717) is 5.41 Å². The fourth-order valence-electron chi connectivity index (χ4n) is 3.16. The molecule has 1 saturated heterocycles. The summed E-state index contributed by atoms with van der Waals surface area (Å²) in [5.41, 5.74) is 3.31. The van der Waals surface area contributed by atoms with Crippen molar-refractivity contribution in [3.8, 4) is 0 Å². The Bertz CT molecular complexity index is 422. The Kier molecular flexibility index (Phi) is 6.31. The predicted molar refractivity (Wildman–Crippen MR) is 97.8 cm³/mol. The van der Waals surface area contributed by atoms with E-state index >= 15 is 0 Å². The van der Waals surface area contributed by atoms with Crippen LogP contribution in [0.25, 0.3) is 0 Å². The van der Waals surface area contributed by atoms with E-state index in [0.717, 1.165) is 6.42 Å². The molecule has 1 fully saturated rings. The Morgan fingerprint density at radius 2 is 1.55 bits per heavy atom. The first-order valence-corrected chi connectivity index (χ1v) is 9.04. The number of aryl methyl sites for hydroxylation is 1. The lowest BCUT2D eigenvalue weighted by molar-refractivity contribution is 0.245. The SMILES string of the molecule is CCc1ccc(N2CCN(CCCCC(C)(C)C)CC2)cc1. The zero-order valence-electron chi connectivity index (χ0n) is 15.1. The second kappa shape index (κ2) is 8.01. The molecule has 0 aliphatic carbocycles. The van der Waals surface area contributed by atoms with Crippen molar-refractivity contribution in [1.82, 2.24) is 4.90 Å². The zero-order chi connectivity index (χ0) is 16.0. The van der Waals surface area contributed by atoms with Crippen molar-refractivity contribution in [1.29, 1.82) is 0 Å². The molecule has 1 aromatic carbocycles. The van der Waals surface area contributed by atoms with Crippen molar-refractivity contribution < 1.29 is 0 Å². The van der Waals surface area contributed by atoms with Gasteiger partial charge in [-0.2, -0.15) is 0 Å². The first kappa shape index (κ1) is 17.3. The maximum Gasteiger partial charge on any atom is 0.0367 e. The number of anilines is 1. The van der Waals surface area contributed by atoms with Crippen LogP contribution in [-0.2, 0) is 6.42 Å². The number of piperazine rings is 1. The Labute approximate surface area is 137 Å². The molecule has 1 aliphatic heterocycles. The first-order valence-electron chi connectivity index (χ1n) is 9.04. The van der Waals surface area contributed by atoms with Crippen molar-refractivity contribution in [3.05, 3.63) is 29.8 Å². The monoisotopic (exact) mass is 302 g/mol. The van der Waals surface area contributed by atoms with Crippen molar-refractivity contribution in [2.75, 3.05) is 37.6 Å². The molecule has 0 amide bonds. The van der Waals surface area contributed by atoms with Crippen LogP contribution in [0.5, 0.6) is 0 Å². The summed E-state index contributed by atoms with van der Waals surface area (Å²) in [5.74, 6) is 0. The van der Waals surface area contributed by atoms with Crippen LogP contribution < -0.4 is 4.90 Å². The van der Waals surface area contributed by atoms with Gasteiger partial charge in [-0.15, -0.1) is 0 Å². The third-order valence-electron chi connectivity index (χ3n) is 4.73. The number of rotatable bonds is 6. The molecule has 0 saturated carbocycles. The molecular weight excluding hydrogens is 268 g/mol. The quantitative estimate of drug-likeness (QED) is 0.709. The third-order valence-corrected chi connectivity index (χ3v) is 4.73. The Morgan fingerprint density at radius 3 is 2.09 bits per heavy atom. The molecule has 2 rings (SSSR count). The second-order valence-electron chi connectivity index (χ2n) is 7.87. The molecule has 0 bridgehead atoms. The molecule has 0 atom stereocenters. The predicted octanol–water partition coefficient (Wildman–Crippen LogP) is 4.59. The highest BCUT2D eigenvalue weighted by Crippen LogP contribution is 2.22. The second-order valence-corrected chi connectivity index (χ2v) is 7.87. The standard InChI is InChI=1S/C20H34N2/c1-5-18-8-10-19(11-9-18)22-16-14-21(15-17-22)13-7-6-12-20(2,3)4/h8-11H,5-7,12-17H2,1-4H3. The van der Waals surface area contributed by atoms with Crippen LogP contribution in [0.2, 0.25) is 0 Å². The van der Waals surface area contributed by atoms with E-state index in [1.807, 2.05) is 0 Å². The van der Waals surface area contributed by atoms with Crippen LogP contribution in [0.15, 0.2) is 24.3 Å². The normalized spacial score (nSPS) is 17.0. The fourth-order valence-corrected chi connectivity index (χ4v) is 3.16. The van der Waals surface area contributed by atoms with E-state index in [-0.39, 0.29) is 0 Å². The Balaban J connectivity index is 1.69. The topological polar surface area (TPSA) is 6.48 Å². The highest BCUT2D eigenvalue weighted by atomic mass is 15.3. The highest BCUT2D eigenvalue weighted by Gasteiger charge is 2.17. The average Bonchev–Trinajstić information content (AvgIpc) is 2.51. The van der Waals surface area contributed by atoms with E-state index in [9.17, 15) is 0 Å². The highest BCUT2D eigenvalue weighted by molar-refractivity contribution is 5.48. The summed E-state index contributed by atoms with van der Waals surface area (Å²) in [6, 6.07) is 9.12. The summed E-state index contributed by atoms with van der Waals surface area (Å²) in [6.45, 7) is 15.3. The molecule has 0 N–H and O–H groups in total. The summed E-state index contributed by atoms with van der Waals surface area (Å²) >= 11 is 0. The minimum atomic E-state index is 0.489. The first-order chi connectivity index (χ1) is 10.5. The van der Waals surface area contributed by atoms with Gasteiger partial charge in [0, 0.05) is 31.9 Å². The molecular formula is C20H34N2. The molecule has 22 heavy (non-hydrogen) atoms. The van der Waals surface area contributed by atoms with Crippen LogP contribution in [0.3, 0.4) is 0 Å². The fraction of sp³-hybridized carbons (Fsp3) is 0.700. The lowest BCUT2D eigenvalue weighted by Crippen LogP contribution is -2.46. The van der Waals surface area contributed by atoms with E-state index in [2.05, 4.69) is 61.8 Å². The Morgan fingerprint density at radius 1 is 0.909 bits per heavy atom. The van der Waals surface area contributed by atoms with Gasteiger partial charge in [0.05, 0.1) is 0 Å². The van der Waals surface area contributed by atoms with Gasteiger partial charge in [-0.3, -0.25) is 4.90 Å². The van der Waals surface area contributed by atoms with E-state index < -0.39 is 0 Å². The van der Waals surface area contributed by atoms with Crippen LogP contribution in [0.1, 0.15) is 52.5 Å². The molecule has 1 aliphatic rings. The van der Waals surface area contributed by atoms with Gasteiger partial charge in [-0.1, -0.05) is 46.2 Å². The van der Waals surface area contributed by atoms with Gasteiger partial charge < -0.3 is 4.90 Å². The average molecular weight is 303 g/mol.